The first-order chi connectivity index (χ1) is 12.7. The van der Waals surface area contributed by atoms with E-state index in [0.717, 1.165) is 24.9 Å². The molecule has 0 unspecified atom stereocenters. The second-order valence-electron chi connectivity index (χ2n) is 7.24. The molecule has 26 heavy (non-hydrogen) atoms. The van der Waals surface area contributed by atoms with Gasteiger partial charge in [-0.15, -0.1) is 0 Å². The van der Waals surface area contributed by atoms with Crippen molar-refractivity contribution in [2.45, 2.75) is 32.1 Å². The van der Waals surface area contributed by atoms with E-state index in [0.29, 0.717) is 31.7 Å². The van der Waals surface area contributed by atoms with Gasteiger partial charge in [0, 0.05) is 32.4 Å². The van der Waals surface area contributed by atoms with E-state index in [1.165, 1.54) is 24.0 Å². The first kappa shape index (κ1) is 16.9. The molecule has 2 aliphatic rings. The minimum absolute atomic E-state index is 0.0166. The number of nitrogens with one attached hydrogen (secondary N) is 1. The predicted octanol–water partition coefficient (Wildman–Crippen LogP) is 2.42. The molecule has 4 rings (SSSR count). The van der Waals surface area contributed by atoms with Crippen molar-refractivity contribution in [2.75, 3.05) is 26.2 Å². The van der Waals surface area contributed by atoms with E-state index in [-0.39, 0.29) is 11.8 Å². The van der Waals surface area contributed by atoms with Crippen LogP contribution in [0.3, 0.4) is 0 Å². The first-order valence-corrected chi connectivity index (χ1v) is 9.52. The fourth-order valence-electron chi connectivity index (χ4n) is 4.03. The van der Waals surface area contributed by atoms with Crippen LogP contribution in [0.1, 0.15) is 40.0 Å². The molecule has 1 aliphatic heterocycles. The molecule has 2 heterocycles. The number of carbonyl (C=O) groups excluding carboxylic acids is 2. The van der Waals surface area contributed by atoms with Gasteiger partial charge in [-0.2, -0.15) is 0 Å². The summed E-state index contributed by atoms with van der Waals surface area (Å²) in [5, 5.41) is 0. The number of nitrogens with zero attached hydrogens (tertiary/aromatic N) is 2. The zero-order chi connectivity index (χ0) is 17.9. The quantitative estimate of drug-likeness (QED) is 0.923. The summed E-state index contributed by atoms with van der Waals surface area (Å²) in [6.07, 6.45) is 6.57. The Balaban J connectivity index is 1.36. The molecule has 1 saturated heterocycles. The molecular weight excluding hydrogens is 326 g/mol. The van der Waals surface area contributed by atoms with Crippen molar-refractivity contribution in [1.82, 2.24) is 14.8 Å². The Morgan fingerprint density at radius 2 is 1.73 bits per heavy atom. The van der Waals surface area contributed by atoms with Gasteiger partial charge in [-0.1, -0.05) is 18.2 Å². The number of rotatable bonds is 3. The molecule has 5 nitrogen and oxygen atoms in total. The van der Waals surface area contributed by atoms with Crippen LogP contribution >= 0.6 is 0 Å². The standard InChI is InChI=1S/C21H25N3O2/c25-20(15-16-7-8-17-4-1-5-18(17)14-16)23-10-3-11-24(13-12-23)21(26)19-6-2-9-22-19/h2,6-9,14,22H,1,3-5,10-13,15H2. The maximum Gasteiger partial charge on any atom is 0.270 e. The Labute approximate surface area is 154 Å². The molecule has 0 saturated carbocycles. The number of aromatic nitrogens is 1. The first-order valence-electron chi connectivity index (χ1n) is 9.52. The lowest BCUT2D eigenvalue weighted by Crippen LogP contribution is -2.38. The minimum atomic E-state index is 0.0166. The number of H-pyrrole nitrogens is 1. The van der Waals surface area contributed by atoms with Crippen LogP contribution in [0.15, 0.2) is 36.5 Å². The molecular formula is C21H25N3O2. The number of carbonyl (C=O) groups is 2. The molecule has 2 aromatic rings. The summed E-state index contributed by atoms with van der Waals surface area (Å²) in [7, 11) is 0. The summed E-state index contributed by atoms with van der Waals surface area (Å²) in [5.74, 6) is 0.181. The molecule has 0 bridgehead atoms. The molecule has 1 N–H and O–H groups in total. The lowest BCUT2D eigenvalue weighted by atomic mass is 10.0. The minimum Gasteiger partial charge on any atom is -0.357 e. The third-order valence-electron chi connectivity index (χ3n) is 5.48. The summed E-state index contributed by atoms with van der Waals surface area (Å²) in [6, 6.07) is 10.1. The zero-order valence-electron chi connectivity index (χ0n) is 15.0. The lowest BCUT2D eigenvalue weighted by molar-refractivity contribution is -0.130. The highest BCUT2D eigenvalue weighted by Crippen LogP contribution is 2.23. The third kappa shape index (κ3) is 3.52. The lowest BCUT2D eigenvalue weighted by Gasteiger charge is -2.22. The van der Waals surface area contributed by atoms with Crippen LogP contribution in [0.4, 0.5) is 0 Å². The van der Waals surface area contributed by atoms with E-state index in [1.807, 2.05) is 15.9 Å². The maximum absolute atomic E-state index is 12.7. The van der Waals surface area contributed by atoms with Gasteiger partial charge in [0.1, 0.15) is 5.69 Å². The van der Waals surface area contributed by atoms with Gasteiger partial charge in [0.15, 0.2) is 0 Å². The molecule has 1 aromatic heterocycles. The molecule has 2 amide bonds. The summed E-state index contributed by atoms with van der Waals surface area (Å²) in [6.45, 7) is 2.61. The highest BCUT2D eigenvalue weighted by Gasteiger charge is 2.23. The number of aryl methyl sites for hydroxylation is 2. The van der Waals surface area contributed by atoms with Gasteiger partial charge in [-0.3, -0.25) is 9.59 Å². The average Bonchev–Trinajstić information content (AvgIpc) is 3.28. The highest BCUT2D eigenvalue weighted by molar-refractivity contribution is 5.92. The Kier molecular flexibility index (Phi) is 4.78. The number of amides is 2. The fourth-order valence-corrected chi connectivity index (χ4v) is 4.03. The van der Waals surface area contributed by atoms with Crippen molar-refractivity contribution in [2.24, 2.45) is 0 Å². The van der Waals surface area contributed by atoms with Gasteiger partial charge >= 0.3 is 0 Å². The van der Waals surface area contributed by atoms with Crippen molar-refractivity contribution >= 4 is 11.8 Å². The van der Waals surface area contributed by atoms with Gasteiger partial charge in [0.2, 0.25) is 5.91 Å². The molecule has 1 aliphatic carbocycles. The van der Waals surface area contributed by atoms with Crippen molar-refractivity contribution in [3.8, 4) is 0 Å². The smallest absolute Gasteiger partial charge is 0.270 e. The second-order valence-corrected chi connectivity index (χ2v) is 7.24. The van der Waals surface area contributed by atoms with E-state index in [4.69, 9.17) is 0 Å². The van der Waals surface area contributed by atoms with Gasteiger partial charge in [-0.25, -0.2) is 0 Å². The van der Waals surface area contributed by atoms with Crippen LogP contribution in [0.25, 0.3) is 0 Å². The number of hydrogen-bond acceptors (Lipinski definition) is 2. The molecule has 0 atom stereocenters. The second kappa shape index (κ2) is 7.36. The monoisotopic (exact) mass is 351 g/mol. The number of fused-ring (bicyclic) bond motifs is 1. The fraction of sp³-hybridized carbons (Fsp3) is 0.429. The normalized spacial score (nSPS) is 17.1. The summed E-state index contributed by atoms with van der Waals surface area (Å²) in [5.41, 5.74) is 4.57. The van der Waals surface area contributed by atoms with Crippen LogP contribution in [0.2, 0.25) is 0 Å². The highest BCUT2D eigenvalue weighted by atomic mass is 16.2. The van der Waals surface area contributed by atoms with E-state index in [1.54, 1.807) is 12.3 Å². The topological polar surface area (TPSA) is 56.4 Å². The van der Waals surface area contributed by atoms with Crippen LogP contribution in [-0.4, -0.2) is 52.8 Å². The summed E-state index contributed by atoms with van der Waals surface area (Å²) in [4.78, 5) is 31.9. The number of hydrogen-bond donors (Lipinski definition) is 1. The van der Waals surface area contributed by atoms with Crippen LogP contribution in [0.5, 0.6) is 0 Å². The molecule has 5 heteroatoms. The molecule has 1 fully saturated rings. The summed E-state index contributed by atoms with van der Waals surface area (Å²) < 4.78 is 0. The number of aromatic amines is 1. The van der Waals surface area contributed by atoms with E-state index in [2.05, 4.69) is 23.2 Å². The van der Waals surface area contributed by atoms with Gasteiger partial charge in [0.25, 0.3) is 5.91 Å². The SMILES string of the molecule is O=C(Cc1ccc2c(c1)CCC2)N1CCCN(C(=O)c2ccc[nH]2)CC1. The predicted molar refractivity (Wildman–Crippen MR) is 100 cm³/mol. The van der Waals surface area contributed by atoms with Gasteiger partial charge < -0.3 is 14.8 Å². The van der Waals surface area contributed by atoms with Crippen molar-refractivity contribution < 1.29 is 9.59 Å². The van der Waals surface area contributed by atoms with E-state index in [9.17, 15) is 9.59 Å². The molecule has 0 radical (unpaired) electrons. The van der Waals surface area contributed by atoms with Crippen molar-refractivity contribution in [3.63, 3.8) is 0 Å². The average molecular weight is 351 g/mol. The molecule has 0 spiro atoms. The Morgan fingerprint density at radius 1 is 0.923 bits per heavy atom. The summed E-state index contributed by atoms with van der Waals surface area (Å²) >= 11 is 0. The van der Waals surface area contributed by atoms with Crippen molar-refractivity contribution in [1.29, 1.82) is 0 Å². The Hall–Kier alpha value is -2.56. The molecule has 1 aromatic carbocycles. The largest absolute Gasteiger partial charge is 0.357 e. The Morgan fingerprint density at radius 3 is 2.58 bits per heavy atom. The van der Waals surface area contributed by atoms with Gasteiger partial charge in [0.05, 0.1) is 6.42 Å². The van der Waals surface area contributed by atoms with Gasteiger partial charge in [-0.05, 0) is 54.5 Å². The number of benzene rings is 1. The van der Waals surface area contributed by atoms with E-state index >= 15 is 0 Å². The van der Waals surface area contributed by atoms with Crippen LogP contribution < -0.4 is 0 Å². The Bertz CT molecular complexity index is 798. The zero-order valence-corrected chi connectivity index (χ0v) is 15.0. The molecule has 136 valence electrons. The van der Waals surface area contributed by atoms with Crippen LogP contribution in [-0.2, 0) is 24.1 Å². The van der Waals surface area contributed by atoms with Crippen LogP contribution in [0, 0.1) is 0 Å². The van der Waals surface area contributed by atoms with E-state index < -0.39 is 0 Å². The third-order valence-corrected chi connectivity index (χ3v) is 5.48. The van der Waals surface area contributed by atoms with Crippen molar-refractivity contribution in [3.05, 3.63) is 58.9 Å². The maximum atomic E-state index is 12.7.